The Bertz CT molecular complexity index is 162. The highest BCUT2D eigenvalue weighted by molar-refractivity contribution is 4.76. The fraction of sp³-hybridized carbons (Fsp3) is 1.00. The van der Waals surface area contributed by atoms with E-state index in [1.165, 1.54) is 32.1 Å². The zero-order valence-corrected chi connectivity index (χ0v) is 11.3. The second-order valence-electron chi connectivity index (χ2n) is 5.35. The van der Waals surface area contributed by atoms with Crippen LogP contribution in [0.5, 0.6) is 0 Å². The smallest absolute Gasteiger partial charge is 0.0518 e. The summed E-state index contributed by atoms with van der Waals surface area (Å²) < 4.78 is 5.53. The van der Waals surface area contributed by atoms with Gasteiger partial charge in [-0.1, -0.05) is 13.3 Å². The van der Waals surface area contributed by atoms with Crippen molar-refractivity contribution in [3.8, 4) is 0 Å². The van der Waals surface area contributed by atoms with Crippen molar-refractivity contribution in [1.29, 1.82) is 0 Å². The maximum Gasteiger partial charge on any atom is 0.0518 e. The average molecular weight is 227 g/mol. The lowest BCUT2D eigenvalue weighted by Crippen LogP contribution is -2.34. The zero-order valence-electron chi connectivity index (χ0n) is 11.3. The molecule has 96 valence electrons. The van der Waals surface area contributed by atoms with Crippen molar-refractivity contribution < 1.29 is 4.74 Å². The van der Waals surface area contributed by atoms with Crippen molar-refractivity contribution >= 4 is 0 Å². The molecule has 1 saturated carbocycles. The minimum atomic E-state index is 0.375. The molecule has 0 amide bonds. The Morgan fingerprint density at radius 2 is 1.88 bits per heavy atom. The fourth-order valence-corrected chi connectivity index (χ4v) is 2.47. The largest absolute Gasteiger partial charge is 0.379 e. The van der Waals surface area contributed by atoms with Crippen molar-refractivity contribution in [2.45, 2.75) is 71.4 Å². The fourth-order valence-electron chi connectivity index (χ4n) is 2.47. The van der Waals surface area contributed by atoms with Crippen LogP contribution >= 0.6 is 0 Å². The average Bonchev–Trinajstić information content (AvgIpc) is 2.29. The van der Waals surface area contributed by atoms with E-state index in [1.54, 1.807) is 0 Å². The normalized spacial score (nSPS) is 26.2. The van der Waals surface area contributed by atoms with Gasteiger partial charge >= 0.3 is 0 Å². The molecule has 0 bridgehead atoms. The van der Waals surface area contributed by atoms with Crippen LogP contribution in [-0.2, 0) is 4.74 Å². The summed E-state index contributed by atoms with van der Waals surface area (Å²) in [5.74, 6) is 1.00. The molecule has 0 aromatic carbocycles. The third kappa shape index (κ3) is 5.86. The zero-order chi connectivity index (χ0) is 11.8. The molecule has 1 fully saturated rings. The standard InChI is InChI=1S/C14H29NO/c1-4-13-6-8-14(9-7-13)15-10-5-11-16-12(2)3/h12-15H,4-11H2,1-3H3. The lowest BCUT2D eigenvalue weighted by Gasteiger charge is -2.28. The van der Waals surface area contributed by atoms with Gasteiger partial charge in [-0.15, -0.1) is 0 Å². The monoisotopic (exact) mass is 227 g/mol. The molecule has 2 heteroatoms. The van der Waals surface area contributed by atoms with E-state index in [1.807, 2.05) is 0 Å². The number of rotatable bonds is 7. The van der Waals surface area contributed by atoms with Gasteiger partial charge in [-0.05, 0) is 58.4 Å². The summed E-state index contributed by atoms with van der Waals surface area (Å²) in [5.41, 5.74) is 0. The third-order valence-corrected chi connectivity index (χ3v) is 3.63. The van der Waals surface area contributed by atoms with Gasteiger partial charge in [-0.2, -0.15) is 0 Å². The topological polar surface area (TPSA) is 21.3 Å². The molecular formula is C14H29NO. The minimum Gasteiger partial charge on any atom is -0.379 e. The molecular weight excluding hydrogens is 198 g/mol. The summed E-state index contributed by atoms with van der Waals surface area (Å²) in [6.45, 7) is 8.53. The first-order valence-corrected chi connectivity index (χ1v) is 7.07. The Hall–Kier alpha value is -0.0800. The van der Waals surface area contributed by atoms with E-state index in [4.69, 9.17) is 4.74 Å². The van der Waals surface area contributed by atoms with Gasteiger partial charge in [0.2, 0.25) is 0 Å². The van der Waals surface area contributed by atoms with E-state index in [2.05, 4.69) is 26.1 Å². The van der Waals surface area contributed by atoms with Crippen molar-refractivity contribution in [1.82, 2.24) is 5.32 Å². The predicted molar refractivity (Wildman–Crippen MR) is 69.7 cm³/mol. The van der Waals surface area contributed by atoms with Gasteiger partial charge in [0, 0.05) is 12.6 Å². The molecule has 16 heavy (non-hydrogen) atoms. The second kappa shape index (κ2) is 8.08. The molecule has 1 rings (SSSR count). The van der Waals surface area contributed by atoms with Crippen molar-refractivity contribution in [2.24, 2.45) is 5.92 Å². The summed E-state index contributed by atoms with van der Waals surface area (Å²) in [6, 6.07) is 0.779. The Labute approximate surface area is 101 Å². The van der Waals surface area contributed by atoms with E-state index in [0.717, 1.165) is 31.5 Å². The van der Waals surface area contributed by atoms with E-state index in [0.29, 0.717) is 6.10 Å². The Balaban J connectivity index is 1.94. The first-order valence-electron chi connectivity index (χ1n) is 7.07. The van der Waals surface area contributed by atoms with Gasteiger partial charge in [0.1, 0.15) is 0 Å². The van der Waals surface area contributed by atoms with Gasteiger partial charge in [-0.3, -0.25) is 0 Å². The quantitative estimate of drug-likeness (QED) is 0.673. The van der Waals surface area contributed by atoms with E-state index in [9.17, 15) is 0 Å². The molecule has 1 aliphatic rings. The third-order valence-electron chi connectivity index (χ3n) is 3.63. The number of ether oxygens (including phenoxy) is 1. The SMILES string of the molecule is CCC1CCC(NCCCOC(C)C)CC1. The van der Waals surface area contributed by atoms with Gasteiger partial charge in [0.15, 0.2) is 0 Å². The van der Waals surface area contributed by atoms with Crippen LogP contribution in [0.25, 0.3) is 0 Å². The van der Waals surface area contributed by atoms with Crippen LogP contribution in [0, 0.1) is 5.92 Å². The maximum absolute atomic E-state index is 5.53. The van der Waals surface area contributed by atoms with Gasteiger partial charge < -0.3 is 10.1 Å². The number of nitrogens with one attached hydrogen (secondary N) is 1. The van der Waals surface area contributed by atoms with Crippen LogP contribution in [0.3, 0.4) is 0 Å². The van der Waals surface area contributed by atoms with E-state index >= 15 is 0 Å². The Morgan fingerprint density at radius 1 is 1.19 bits per heavy atom. The molecule has 0 atom stereocenters. The molecule has 0 aromatic heterocycles. The molecule has 0 aliphatic heterocycles. The predicted octanol–water partition coefficient (Wildman–Crippen LogP) is 3.36. The van der Waals surface area contributed by atoms with E-state index in [-0.39, 0.29) is 0 Å². The van der Waals surface area contributed by atoms with Crippen LogP contribution in [0.4, 0.5) is 0 Å². The van der Waals surface area contributed by atoms with Crippen LogP contribution < -0.4 is 5.32 Å². The Kier molecular flexibility index (Phi) is 7.06. The maximum atomic E-state index is 5.53. The van der Waals surface area contributed by atoms with Gasteiger partial charge in [0.25, 0.3) is 0 Å². The molecule has 0 aromatic rings. The molecule has 2 nitrogen and oxygen atoms in total. The molecule has 1 aliphatic carbocycles. The number of hydrogen-bond donors (Lipinski definition) is 1. The molecule has 1 N–H and O–H groups in total. The summed E-state index contributed by atoms with van der Waals surface area (Å²) in [4.78, 5) is 0. The number of hydrogen-bond acceptors (Lipinski definition) is 2. The summed E-state index contributed by atoms with van der Waals surface area (Å²) in [7, 11) is 0. The minimum absolute atomic E-state index is 0.375. The van der Waals surface area contributed by atoms with Crippen molar-refractivity contribution in [2.75, 3.05) is 13.2 Å². The lowest BCUT2D eigenvalue weighted by molar-refractivity contribution is 0.0763. The van der Waals surface area contributed by atoms with Crippen LogP contribution in [0.15, 0.2) is 0 Å². The molecule has 0 heterocycles. The summed E-state index contributed by atoms with van der Waals surface area (Å²) >= 11 is 0. The molecule has 0 spiro atoms. The molecule has 0 saturated heterocycles. The first-order chi connectivity index (χ1) is 7.72. The highest BCUT2D eigenvalue weighted by atomic mass is 16.5. The molecule has 0 unspecified atom stereocenters. The van der Waals surface area contributed by atoms with Crippen molar-refractivity contribution in [3.05, 3.63) is 0 Å². The van der Waals surface area contributed by atoms with E-state index < -0.39 is 0 Å². The van der Waals surface area contributed by atoms with Gasteiger partial charge in [0.05, 0.1) is 6.10 Å². The van der Waals surface area contributed by atoms with Crippen LogP contribution in [0.1, 0.15) is 59.3 Å². The molecule has 0 radical (unpaired) electrons. The Morgan fingerprint density at radius 3 is 2.44 bits per heavy atom. The van der Waals surface area contributed by atoms with Crippen LogP contribution in [0.2, 0.25) is 0 Å². The summed E-state index contributed by atoms with van der Waals surface area (Å²) in [5, 5.41) is 3.66. The highest BCUT2D eigenvalue weighted by Crippen LogP contribution is 2.26. The van der Waals surface area contributed by atoms with Crippen molar-refractivity contribution in [3.63, 3.8) is 0 Å². The highest BCUT2D eigenvalue weighted by Gasteiger charge is 2.18. The summed E-state index contributed by atoms with van der Waals surface area (Å²) in [6.07, 6.45) is 8.50. The van der Waals surface area contributed by atoms with Gasteiger partial charge in [-0.25, -0.2) is 0 Å². The second-order valence-corrected chi connectivity index (χ2v) is 5.35. The van der Waals surface area contributed by atoms with Crippen LogP contribution in [-0.4, -0.2) is 25.3 Å². The lowest BCUT2D eigenvalue weighted by atomic mass is 9.84. The first kappa shape index (κ1) is 14.0.